The lowest BCUT2D eigenvalue weighted by Crippen LogP contribution is -2.42. The molecule has 5 nitrogen and oxygen atoms in total. The predicted octanol–water partition coefficient (Wildman–Crippen LogP) is 4.20. The maximum absolute atomic E-state index is 13.5. The Kier molecular flexibility index (Phi) is 5.75. The Balaban J connectivity index is 1.90. The average molecular weight is 427 g/mol. The maximum atomic E-state index is 13.5. The molecule has 2 heterocycles. The van der Waals surface area contributed by atoms with Gasteiger partial charge < -0.3 is 5.11 Å². The van der Waals surface area contributed by atoms with Crippen LogP contribution in [0.5, 0.6) is 0 Å². The molecule has 0 unspecified atom stereocenters. The second-order valence-corrected chi connectivity index (χ2v) is 10.3. The van der Waals surface area contributed by atoms with Gasteiger partial charge in [-0.2, -0.15) is 0 Å². The molecule has 1 aliphatic heterocycles. The Bertz CT molecular complexity index is 1130. The number of benzene rings is 2. The monoisotopic (exact) mass is 426 g/mol. The molecule has 3 atom stereocenters. The van der Waals surface area contributed by atoms with E-state index in [0.29, 0.717) is 5.52 Å². The molecule has 1 aromatic heterocycles. The van der Waals surface area contributed by atoms with E-state index < -0.39 is 10.0 Å². The lowest BCUT2D eigenvalue weighted by Gasteiger charge is -2.43. The molecule has 1 fully saturated rings. The number of likely N-dealkylation sites (tertiary alicyclic amines) is 1. The standard InChI is InChI=1S/C24H30N2O3S/c1-4-20-18(16-27)13-14-25(3)24(20)22-15-26(23-8-6-5-7-21(22)23)30(28,29)19-11-9-17(2)10-12-19/h5-12,15,18,20,24,27H,4,13-14,16H2,1-3H3/t18-,20+,24+/m1/s1. The molecule has 1 aliphatic rings. The molecule has 1 saturated heterocycles. The van der Waals surface area contributed by atoms with Gasteiger partial charge in [-0.1, -0.05) is 49.2 Å². The molecule has 160 valence electrons. The van der Waals surface area contributed by atoms with Gasteiger partial charge in [0.2, 0.25) is 0 Å². The van der Waals surface area contributed by atoms with Crippen LogP contribution in [0.2, 0.25) is 0 Å². The Labute approximate surface area is 179 Å². The molecule has 3 aromatic rings. The number of rotatable bonds is 5. The molecule has 0 spiro atoms. The summed E-state index contributed by atoms with van der Waals surface area (Å²) in [6, 6.07) is 14.8. The third kappa shape index (κ3) is 3.47. The number of nitrogens with zero attached hydrogens (tertiary/aromatic N) is 2. The Morgan fingerprint density at radius 1 is 1.10 bits per heavy atom. The number of aromatic nitrogens is 1. The summed E-state index contributed by atoms with van der Waals surface area (Å²) >= 11 is 0. The molecular weight excluding hydrogens is 396 g/mol. The number of fused-ring (bicyclic) bond motifs is 1. The van der Waals surface area contributed by atoms with E-state index in [1.807, 2.05) is 49.5 Å². The van der Waals surface area contributed by atoms with Crippen molar-refractivity contribution in [2.45, 2.75) is 37.6 Å². The van der Waals surface area contributed by atoms with Crippen molar-refractivity contribution in [1.82, 2.24) is 8.87 Å². The zero-order chi connectivity index (χ0) is 21.5. The van der Waals surface area contributed by atoms with Gasteiger partial charge >= 0.3 is 0 Å². The average Bonchev–Trinajstić information content (AvgIpc) is 3.14. The molecule has 0 bridgehead atoms. The van der Waals surface area contributed by atoms with Gasteiger partial charge in [-0.15, -0.1) is 0 Å². The smallest absolute Gasteiger partial charge is 0.268 e. The molecule has 0 saturated carbocycles. The van der Waals surface area contributed by atoms with Crippen molar-refractivity contribution in [3.05, 3.63) is 65.9 Å². The number of piperidine rings is 1. The van der Waals surface area contributed by atoms with Crippen molar-refractivity contribution in [3.63, 3.8) is 0 Å². The van der Waals surface area contributed by atoms with Crippen LogP contribution >= 0.6 is 0 Å². The van der Waals surface area contributed by atoms with E-state index in [4.69, 9.17) is 0 Å². The molecule has 0 amide bonds. The Morgan fingerprint density at radius 2 is 1.80 bits per heavy atom. The van der Waals surface area contributed by atoms with E-state index in [-0.39, 0.29) is 29.4 Å². The van der Waals surface area contributed by atoms with Crippen LogP contribution in [0.4, 0.5) is 0 Å². The third-order valence-corrected chi connectivity index (χ3v) is 8.34. The van der Waals surface area contributed by atoms with Crippen molar-refractivity contribution < 1.29 is 13.5 Å². The lowest BCUT2D eigenvalue weighted by atomic mass is 9.76. The zero-order valence-corrected chi connectivity index (χ0v) is 18.6. The van der Waals surface area contributed by atoms with Crippen LogP contribution in [-0.4, -0.2) is 42.6 Å². The van der Waals surface area contributed by atoms with Gasteiger partial charge in [0.15, 0.2) is 0 Å². The molecular formula is C24H30N2O3S. The molecule has 0 radical (unpaired) electrons. The first-order valence-electron chi connectivity index (χ1n) is 10.6. The minimum absolute atomic E-state index is 0.0697. The highest BCUT2D eigenvalue weighted by atomic mass is 32.2. The van der Waals surface area contributed by atoms with Crippen LogP contribution < -0.4 is 0 Å². The third-order valence-electron chi connectivity index (χ3n) is 6.65. The van der Waals surface area contributed by atoms with E-state index in [2.05, 4.69) is 18.9 Å². The number of hydrogen-bond acceptors (Lipinski definition) is 4. The molecule has 4 rings (SSSR count). The molecule has 2 aromatic carbocycles. The number of para-hydroxylation sites is 1. The highest BCUT2D eigenvalue weighted by molar-refractivity contribution is 7.90. The summed E-state index contributed by atoms with van der Waals surface area (Å²) in [4.78, 5) is 2.60. The second-order valence-electron chi connectivity index (χ2n) is 8.44. The SMILES string of the molecule is CC[C@H]1[C@@H](CO)CCN(C)[C@@H]1c1cn(S(=O)(=O)c2ccc(C)cc2)c2ccccc12. The summed E-state index contributed by atoms with van der Waals surface area (Å²) in [5.41, 5.74) is 2.74. The summed E-state index contributed by atoms with van der Waals surface area (Å²) in [7, 11) is -1.61. The van der Waals surface area contributed by atoms with Crippen LogP contribution in [0.25, 0.3) is 10.9 Å². The van der Waals surface area contributed by atoms with Crippen molar-refractivity contribution >= 4 is 20.9 Å². The lowest BCUT2D eigenvalue weighted by molar-refractivity contribution is 0.0346. The predicted molar refractivity (Wildman–Crippen MR) is 120 cm³/mol. The van der Waals surface area contributed by atoms with Crippen LogP contribution in [0.3, 0.4) is 0 Å². The zero-order valence-electron chi connectivity index (χ0n) is 17.8. The first kappa shape index (κ1) is 21.1. The molecule has 0 aliphatic carbocycles. The molecule has 30 heavy (non-hydrogen) atoms. The van der Waals surface area contributed by atoms with Gasteiger partial charge in [-0.05, 0) is 62.5 Å². The van der Waals surface area contributed by atoms with Gasteiger partial charge in [-0.3, -0.25) is 4.90 Å². The van der Waals surface area contributed by atoms with Crippen LogP contribution in [0.1, 0.15) is 36.9 Å². The first-order valence-corrected chi connectivity index (χ1v) is 12.1. The van der Waals surface area contributed by atoms with E-state index >= 15 is 0 Å². The van der Waals surface area contributed by atoms with E-state index in [9.17, 15) is 13.5 Å². The van der Waals surface area contributed by atoms with Gasteiger partial charge in [0.05, 0.1) is 10.4 Å². The van der Waals surface area contributed by atoms with Crippen LogP contribution in [-0.2, 0) is 10.0 Å². The number of aliphatic hydroxyl groups is 1. The van der Waals surface area contributed by atoms with E-state index in [1.54, 1.807) is 12.1 Å². The Hall–Kier alpha value is -2.15. The van der Waals surface area contributed by atoms with Crippen molar-refractivity contribution in [2.75, 3.05) is 20.2 Å². The van der Waals surface area contributed by atoms with Crippen molar-refractivity contribution in [3.8, 4) is 0 Å². The van der Waals surface area contributed by atoms with Gasteiger partial charge in [-0.25, -0.2) is 12.4 Å². The van der Waals surface area contributed by atoms with Crippen molar-refractivity contribution in [1.29, 1.82) is 0 Å². The fourth-order valence-electron chi connectivity index (χ4n) is 4.99. The van der Waals surface area contributed by atoms with E-state index in [1.165, 1.54) is 3.97 Å². The largest absolute Gasteiger partial charge is 0.396 e. The summed E-state index contributed by atoms with van der Waals surface area (Å²) in [6.07, 6.45) is 3.70. The Morgan fingerprint density at radius 3 is 2.47 bits per heavy atom. The summed E-state index contributed by atoms with van der Waals surface area (Å²) in [5.74, 6) is 0.502. The van der Waals surface area contributed by atoms with Crippen LogP contribution in [0, 0.1) is 18.8 Å². The molecule has 1 N–H and O–H groups in total. The van der Waals surface area contributed by atoms with Gasteiger partial charge in [0.25, 0.3) is 10.0 Å². The van der Waals surface area contributed by atoms with Crippen molar-refractivity contribution in [2.24, 2.45) is 11.8 Å². The summed E-state index contributed by atoms with van der Waals surface area (Å²) in [5, 5.41) is 10.9. The fraction of sp³-hybridized carbons (Fsp3) is 0.417. The normalized spacial score (nSPS) is 23.1. The topological polar surface area (TPSA) is 62.5 Å². The van der Waals surface area contributed by atoms with Gasteiger partial charge in [0.1, 0.15) is 0 Å². The minimum Gasteiger partial charge on any atom is -0.396 e. The second kappa shape index (κ2) is 8.17. The number of hydrogen-bond donors (Lipinski definition) is 1. The molecule has 6 heteroatoms. The quantitative estimate of drug-likeness (QED) is 0.664. The fourth-order valence-corrected chi connectivity index (χ4v) is 6.37. The van der Waals surface area contributed by atoms with E-state index in [0.717, 1.165) is 35.9 Å². The highest BCUT2D eigenvalue weighted by Gasteiger charge is 2.38. The highest BCUT2D eigenvalue weighted by Crippen LogP contribution is 2.43. The number of aliphatic hydroxyl groups excluding tert-OH is 1. The van der Waals surface area contributed by atoms with Gasteiger partial charge in [0, 0.05) is 24.2 Å². The maximum Gasteiger partial charge on any atom is 0.268 e. The summed E-state index contributed by atoms with van der Waals surface area (Å²) in [6.45, 7) is 5.16. The number of aryl methyl sites for hydroxylation is 1. The minimum atomic E-state index is -3.71. The van der Waals surface area contributed by atoms with Crippen LogP contribution in [0.15, 0.2) is 59.6 Å². The summed E-state index contributed by atoms with van der Waals surface area (Å²) < 4.78 is 28.5. The first-order chi connectivity index (χ1) is 14.4.